The van der Waals surface area contributed by atoms with Crippen molar-refractivity contribution >= 4 is 29.5 Å². The molecule has 1 aliphatic heterocycles. The number of aliphatic hydroxyl groups excluding tert-OH is 2. The van der Waals surface area contributed by atoms with E-state index in [1.807, 2.05) is 0 Å². The fourth-order valence-electron chi connectivity index (χ4n) is 0.859. The lowest BCUT2D eigenvalue weighted by molar-refractivity contribution is -0.138. The number of ether oxygens (including phenoxy) is 1. The van der Waals surface area contributed by atoms with Gasteiger partial charge in [-0.2, -0.15) is 5.26 Å². The normalized spacial score (nSPS) is 24.8. The highest BCUT2D eigenvalue weighted by molar-refractivity contribution is 8.25. The Morgan fingerprint density at radius 3 is 2.47 bits per heavy atom. The van der Waals surface area contributed by atoms with Crippen LogP contribution in [0.5, 0.6) is 0 Å². The average molecular weight is 247 g/mol. The van der Waals surface area contributed by atoms with Crippen LogP contribution in [0.4, 0.5) is 0 Å². The van der Waals surface area contributed by atoms with E-state index in [2.05, 4.69) is 4.74 Å². The number of hydrogen-bond acceptors (Lipinski definition) is 7. The highest BCUT2D eigenvalue weighted by Crippen LogP contribution is 2.46. The molecule has 0 amide bonds. The third-order valence-corrected chi connectivity index (χ3v) is 4.08. The van der Waals surface area contributed by atoms with Gasteiger partial charge in [-0.1, -0.05) is 23.5 Å². The van der Waals surface area contributed by atoms with Crippen LogP contribution in [0, 0.1) is 11.3 Å². The van der Waals surface area contributed by atoms with Crippen molar-refractivity contribution in [3.63, 3.8) is 0 Å². The largest absolute Gasteiger partial charge is 0.462 e. The smallest absolute Gasteiger partial charge is 0.350 e. The van der Waals surface area contributed by atoms with E-state index in [-0.39, 0.29) is 12.2 Å². The van der Waals surface area contributed by atoms with Crippen LogP contribution in [0.25, 0.3) is 0 Å². The highest BCUT2D eigenvalue weighted by atomic mass is 32.2. The van der Waals surface area contributed by atoms with Gasteiger partial charge in [0.2, 0.25) is 0 Å². The molecule has 0 bridgehead atoms. The average Bonchev–Trinajstić information content (AvgIpc) is 2.48. The van der Waals surface area contributed by atoms with Crippen LogP contribution >= 0.6 is 23.5 Å². The minimum Gasteiger partial charge on any atom is -0.462 e. The first kappa shape index (κ1) is 12.4. The van der Waals surface area contributed by atoms with Crippen LogP contribution < -0.4 is 0 Å². The van der Waals surface area contributed by atoms with Crippen LogP contribution in [0.3, 0.4) is 0 Å². The fourth-order valence-corrected chi connectivity index (χ4v) is 3.17. The summed E-state index contributed by atoms with van der Waals surface area (Å²) in [4.78, 5) is 11.3. The van der Waals surface area contributed by atoms with Crippen molar-refractivity contribution in [2.75, 3.05) is 6.61 Å². The van der Waals surface area contributed by atoms with E-state index in [1.165, 1.54) is 0 Å². The number of carbonyl (C=O) groups is 1. The molecule has 0 aliphatic carbocycles. The summed E-state index contributed by atoms with van der Waals surface area (Å²) in [7, 11) is 0. The molecular formula is C8H9NO4S2. The maximum absolute atomic E-state index is 11.3. The summed E-state index contributed by atoms with van der Waals surface area (Å²) in [5.74, 6) is -0.726. The van der Waals surface area contributed by atoms with Crippen molar-refractivity contribution in [1.82, 2.24) is 0 Å². The molecule has 7 heteroatoms. The summed E-state index contributed by atoms with van der Waals surface area (Å²) in [6, 6.07) is 1.71. The van der Waals surface area contributed by atoms with Crippen LogP contribution in [0.1, 0.15) is 6.92 Å². The van der Waals surface area contributed by atoms with Gasteiger partial charge in [-0.3, -0.25) is 0 Å². The maximum atomic E-state index is 11.3. The van der Waals surface area contributed by atoms with Gasteiger partial charge in [0.15, 0.2) is 5.57 Å². The lowest BCUT2D eigenvalue weighted by Crippen LogP contribution is -2.11. The standard InChI is InChI=1S/C8H9NO4S2/c1-2-13-5(10)4(3-9)8-14-6(11)7(12)15-8/h6-7,11-12H,2H2,1H3. The summed E-state index contributed by atoms with van der Waals surface area (Å²) < 4.78 is 4.97. The number of esters is 1. The van der Waals surface area contributed by atoms with Crippen molar-refractivity contribution < 1.29 is 19.7 Å². The van der Waals surface area contributed by atoms with Crippen molar-refractivity contribution in [1.29, 1.82) is 5.26 Å². The van der Waals surface area contributed by atoms with E-state index < -0.39 is 16.8 Å². The maximum Gasteiger partial charge on any atom is 0.350 e. The second kappa shape index (κ2) is 5.42. The molecule has 0 aromatic rings. The van der Waals surface area contributed by atoms with Gasteiger partial charge in [0.05, 0.1) is 10.8 Å². The molecule has 0 aromatic carbocycles. The predicted molar refractivity (Wildman–Crippen MR) is 56.5 cm³/mol. The summed E-state index contributed by atoms with van der Waals surface area (Å²) in [5.41, 5.74) is -2.19. The van der Waals surface area contributed by atoms with Crippen molar-refractivity contribution in [2.24, 2.45) is 0 Å². The second-order valence-corrected chi connectivity index (χ2v) is 5.02. The molecule has 2 atom stereocenters. The van der Waals surface area contributed by atoms with E-state index in [1.54, 1.807) is 13.0 Å². The predicted octanol–water partition coefficient (Wildman–Crippen LogP) is 0.401. The third kappa shape index (κ3) is 2.89. The van der Waals surface area contributed by atoms with Crippen LogP contribution in [-0.4, -0.2) is 33.7 Å². The summed E-state index contributed by atoms with van der Waals surface area (Å²) >= 11 is 1.77. The zero-order valence-corrected chi connectivity index (χ0v) is 9.47. The molecule has 0 aromatic heterocycles. The van der Waals surface area contributed by atoms with E-state index in [0.717, 1.165) is 23.5 Å². The van der Waals surface area contributed by atoms with Crippen molar-refractivity contribution in [3.05, 3.63) is 9.81 Å². The summed E-state index contributed by atoms with van der Waals surface area (Å²) in [6.07, 6.45) is 0. The monoisotopic (exact) mass is 247 g/mol. The number of hydrogen-bond donors (Lipinski definition) is 2. The lowest BCUT2D eigenvalue weighted by atomic mass is 10.3. The van der Waals surface area contributed by atoms with Gasteiger partial charge in [-0.25, -0.2) is 4.79 Å². The molecule has 15 heavy (non-hydrogen) atoms. The van der Waals surface area contributed by atoms with Gasteiger partial charge in [0, 0.05) is 0 Å². The first-order chi connectivity index (χ1) is 7.10. The molecule has 1 fully saturated rings. The molecule has 1 heterocycles. The zero-order chi connectivity index (χ0) is 11.4. The van der Waals surface area contributed by atoms with Gasteiger partial charge in [0.25, 0.3) is 0 Å². The van der Waals surface area contributed by atoms with Gasteiger partial charge >= 0.3 is 5.97 Å². The Balaban J connectivity index is 2.87. The van der Waals surface area contributed by atoms with Crippen LogP contribution in [-0.2, 0) is 9.53 Å². The SMILES string of the molecule is CCOC(=O)C(C#N)=C1SC(O)C(O)S1. The number of rotatable bonds is 2. The number of aliphatic hydroxyl groups is 2. The number of carbonyl (C=O) groups excluding carboxylic acids is 1. The molecule has 2 N–H and O–H groups in total. The van der Waals surface area contributed by atoms with E-state index in [4.69, 9.17) is 5.26 Å². The Kier molecular flexibility index (Phi) is 4.47. The molecule has 5 nitrogen and oxygen atoms in total. The lowest BCUT2D eigenvalue weighted by Gasteiger charge is -2.01. The first-order valence-corrected chi connectivity index (χ1v) is 5.87. The summed E-state index contributed by atoms with van der Waals surface area (Å²) in [5, 5.41) is 27.2. The van der Waals surface area contributed by atoms with Crippen molar-refractivity contribution in [2.45, 2.75) is 17.8 Å². The minimum atomic E-state index is -1.01. The molecule has 0 radical (unpaired) electrons. The van der Waals surface area contributed by atoms with Gasteiger partial charge in [-0.15, -0.1) is 0 Å². The summed E-state index contributed by atoms with van der Waals surface area (Å²) in [6.45, 7) is 1.81. The Morgan fingerprint density at radius 2 is 2.07 bits per heavy atom. The minimum absolute atomic E-state index is 0.164. The highest BCUT2D eigenvalue weighted by Gasteiger charge is 2.33. The second-order valence-electron chi connectivity index (χ2n) is 2.51. The quantitative estimate of drug-likeness (QED) is 0.414. The number of nitriles is 1. The van der Waals surface area contributed by atoms with Crippen LogP contribution in [0.15, 0.2) is 9.81 Å². The van der Waals surface area contributed by atoms with Gasteiger partial charge in [0.1, 0.15) is 16.9 Å². The number of thioether (sulfide) groups is 2. The molecule has 82 valence electrons. The van der Waals surface area contributed by atoms with E-state index >= 15 is 0 Å². The number of nitrogens with zero attached hydrogens (tertiary/aromatic N) is 1. The Hall–Kier alpha value is -0.680. The Labute approximate surface area is 95.1 Å². The molecule has 0 saturated carbocycles. The van der Waals surface area contributed by atoms with E-state index in [0.29, 0.717) is 4.24 Å². The Morgan fingerprint density at radius 1 is 1.53 bits per heavy atom. The molecule has 2 unspecified atom stereocenters. The van der Waals surface area contributed by atoms with Gasteiger partial charge < -0.3 is 14.9 Å². The fraction of sp³-hybridized carbons (Fsp3) is 0.500. The van der Waals surface area contributed by atoms with Crippen LogP contribution in [0.2, 0.25) is 0 Å². The molecular weight excluding hydrogens is 238 g/mol. The first-order valence-electron chi connectivity index (χ1n) is 4.11. The Bertz CT molecular complexity index is 324. The topological polar surface area (TPSA) is 90.6 Å². The third-order valence-electron chi connectivity index (χ3n) is 1.49. The molecule has 0 spiro atoms. The molecule has 1 rings (SSSR count). The molecule has 1 aliphatic rings. The van der Waals surface area contributed by atoms with Gasteiger partial charge in [-0.05, 0) is 6.92 Å². The van der Waals surface area contributed by atoms with Crippen molar-refractivity contribution in [3.8, 4) is 6.07 Å². The molecule has 1 saturated heterocycles. The zero-order valence-electron chi connectivity index (χ0n) is 7.84. The van der Waals surface area contributed by atoms with E-state index in [9.17, 15) is 15.0 Å².